The smallest absolute Gasteiger partial charge is 0.306 e. The Balaban J connectivity index is 1.94. The van der Waals surface area contributed by atoms with Gasteiger partial charge in [0.05, 0.1) is 27.5 Å². The first-order valence-corrected chi connectivity index (χ1v) is 9.63. The number of carbonyl (C=O) groups excluding carboxylic acids is 2. The largest absolute Gasteiger partial charge is 0.493 e. The van der Waals surface area contributed by atoms with E-state index in [1.165, 1.54) is 28.3 Å². The number of carbonyl (C=O) groups is 2. The third-order valence-electron chi connectivity index (χ3n) is 4.43. The summed E-state index contributed by atoms with van der Waals surface area (Å²) >= 11 is 0. The van der Waals surface area contributed by atoms with Gasteiger partial charge < -0.3 is 24.3 Å². The maximum Gasteiger partial charge on any atom is 0.306 e. The van der Waals surface area contributed by atoms with Crippen LogP contribution in [0.4, 0.5) is 5.82 Å². The van der Waals surface area contributed by atoms with Crippen LogP contribution in [0.1, 0.15) is 38.8 Å². The van der Waals surface area contributed by atoms with Crippen LogP contribution in [-0.2, 0) is 20.7 Å². The number of aryl methyl sites for hydroxylation is 1. The van der Waals surface area contributed by atoms with Crippen molar-refractivity contribution in [3.05, 3.63) is 30.0 Å². The molecule has 1 aromatic carbocycles. The second kappa shape index (κ2) is 10.5. The Bertz CT molecular complexity index is 852. The van der Waals surface area contributed by atoms with Gasteiger partial charge in [-0.05, 0) is 44.9 Å². The Hall–Kier alpha value is -3.23. The first-order chi connectivity index (χ1) is 14.3. The number of esters is 1. The van der Waals surface area contributed by atoms with Crippen molar-refractivity contribution in [2.75, 3.05) is 26.6 Å². The number of aromatic nitrogens is 2. The topological polar surface area (TPSA) is 101 Å². The second-order valence-corrected chi connectivity index (χ2v) is 6.91. The first-order valence-electron chi connectivity index (χ1n) is 9.63. The number of hydrogen-bond donors (Lipinski definition) is 1. The Morgan fingerprint density at radius 1 is 1.07 bits per heavy atom. The van der Waals surface area contributed by atoms with E-state index in [4.69, 9.17) is 18.9 Å². The normalized spacial score (nSPS) is 11.7. The van der Waals surface area contributed by atoms with Gasteiger partial charge in [0.2, 0.25) is 5.75 Å². The van der Waals surface area contributed by atoms with Crippen LogP contribution in [0.5, 0.6) is 17.2 Å². The Kier molecular flexibility index (Phi) is 8.08. The molecule has 164 valence electrons. The summed E-state index contributed by atoms with van der Waals surface area (Å²) in [7, 11) is 4.58. The molecule has 0 unspecified atom stereocenters. The fourth-order valence-corrected chi connectivity index (χ4v) is 2.89. The van der Waals surface area contributed by atoms with Crippen LogP contribution >= 0.6 is 0 Å². The van der Waals surface area contributed by atoms with Crippen LogP contribution in [0.3, 0.4) is 0 Å². The molecule has 30 heavy (non-hydrogen) atoms. The van der Waals surface area contributed by atoms with Gasteiger partial charge in [0.1, 0.15) is 5.82 Å². The summed E-state index contributed by atoms with van der Waals surface area (Å²) in [5, 5.41) is 6.89. The van der Waals surface area contributed by atoms with E-state index in [0.717, 1.165) is 5.56 Å². The third kappa shape index (κ3) is 5.65. The van der Waals surface area contributed by atoms with Crippen molar-refractivity contribution in [1.29, 1.82) is 0 Å². The van der Waals surface area contributed by atoms with Crippen LogP contribution in [0.2, 0.25) is 0 Å². The summed E-state index contributed by atoms with van der Waals surface area (Å²) in [5.41, 5.74) is 0.819. The van der Waals surface area contributed by atoms with Gasteiger partial charge >= 0.3 is 5.97 Å². The highest BCUT2D eigenvalue weighted by molar-refractivity contribution is 5.94. The molecule has 0 saturated heterocycles. The summed E-state index contributed by atoms with van der Waals surface area (Å²) in [6.45, 7) is 5.44. The lowest BCUT2D eigenvalue weighted by Gasteiger charge is -2.16. The summed E-state index contributed by atoms with van der Waals surface area (Å²) in [6, 6.07) is 5.33. The molecule has 0 fully saturated rings. The number of nitrogens with zero attached hydrogens (tertiary/aromatic N) is 2. The number of anilines is 1. The van der Waals surface area contributed by atoms with Gasteiger partial charge in [-0.3, -0.25) is 9.59 Å². The van der Waals surface area contributed by atoms with E-state index in [9.17, 15) is 9.59 Å². The summed E-state index contributed by atoms with van der Waals surface area (Å²) < 4.78 is 22.9. The molecule has 0 bridgehead atoms. The predicted octanol–water partition coefficient (Wildman–Crippen LogP) is 2.99. The molecular weight excluding hydrogens is 390 g/mol. The summed E-state index contributed by atoms with van der Waals surface area (Å²) in [5.74, 6) is 1.15. The number of methoxy groups -OCH3 is 3. The van der Waals surface area contributed by atoms with Crippen molar-refractivity contribution in [3.63, 3.8) is 0 Å². The zero-order valence-corrected chi connectivity index (χ0v) is 18.2. The quantitative estimate of drug-likeness (QED) is 0.591. The maximum atomic E-state index is 12.4. The Morgan fingerprint density at radius 3 is 2.23 bits per heavy atom. The molecule has 0 aliphatic heterocycles. The van der Waals surface area contributed by atoms with Gasteiger partial charge in [-0.25, -0.2) is 4.68 Å². The lowest BCUT2D eigenvalue weighted by molar-refractivity contribution is -0.153. The maximum absolute atomic E-state index is 12.4. The van der Waals surface area contributed by atoms with Crippen molar-refractivity contribution in [3.8, 4) is 17.2 Å². The summed E-state index contributed by atoms with van der Waals surface area (Å²) in [6.07, 6.45) is 1.15. The van der Waals surface area contributed by atoms with Gasteiger partial charge in [-0.2, -0.15) is 5.10 Å². The van der Waals surface area contributed by atoms with Gasteiger partial charge in [-0.15, -0.1) is 0 Å². The molecule has 1 aromatic heterocycles. The van der Waals surface area contributed by atoms with Crippen molar-refractivity contribution in [2.24, 2.45) is 0 Å². The molecule has 1 heterocycles. The van der Waals surface area contributed by atoms with Gasteiger partial charge in [0, 0.05) is 18.5 Å². The van der Waals surface area contributed by atoms with Gasteiger partial charge in [0.25, 0.3) is 5.91 Å². The van der Waals surface area contributed by atoms with Crippen molar-refractivity contribution >= 4 is 17.7 Å². The fraction of sp³-hybridized carbons (Fsp3) is 0.476. The zero-order chi connectivity index (χ0) is 22.3. The molecule has 1 atom stereocenters. The van der Waals surface area contributed by atoms with E-state index < -0.39 is 18.0 Å². The Morgan fingerprint density at radius 2 is 1.70 bits per heavy atom. The monoisotopic (exact) mass is 419 g/mol. The fourth-order valence-electron chi connectivity index (χ4n) is 2.89. The molecule has 1 amide bonds. The van der Waals surface area contributed by atoms with Crippen molar-refractivity contribution in [1.82, 2.24) is 9.78 Å². The zero-order valence-electron chi connectivity index (χ0n) is 18.2. The van der Waals surface area contributed by atoms with Crippen LogP contribution < -0.4 is 19.5 Å². The van der Waals surface area contributed by atoms with Crippen LogP contribution in [0.15, 0.2) is 24.4 Å². The second-order valence-electron chi connectivity index (χ2n) is 6.91. The lowest BCUT2D eigenvalue weighted by Crippen LogP contribution is -2.31. The SMILES string of the molecule is COc1cc(CCC(=O)O[C@H](C)C(=O)Nc2ccnn2C(C)C)cc(OC)c1OC. The molecule has 0 spiro atoms. The van der Waals surface area contributed by atoms with E-state index >= 15 is 0 Å². The van der Waals surface area contributed by atoms with Crippen LogP contribution in [-0.4, -0.2) is 49.1 Å². The molecule has 9 heteroatoms. The lowest BCUT2D eigenvalue weighted by atomic mass is 10.1. The highest BCUT2D eigenvalue weighted by Crippen LogP contribution is 2.38. The van der Waals surface area contributed by atoms with Crippen LogP contribution in [0, 0.1) is 0 Å². The van der Waals surface area contributed by atoms with E-state index in [2.05, 4.69) is 10.4 Å². The number of amides is 1. The van der Waals surface area contributed by atoms with Gasteiger partial charge in [-0.1, -0.05) is 0 Å². The summed E-state index contributed by atoms with van der Waals surface area (Å²) in [4.78, 5) is 24.6. The first kappa shape index (κ1) is 23.1. The van der Waals surface area contributed by atoms with Crippen molar-refractivity contribution in [2.45, 2.75) is 45.8 Å². The molecule has 2 rings (SSSR count). The van der Waals surface area contributed by atoms with Crippen molar-refractivity contribution < 1.29 is 28.5 Å². The third-order valence-corrected chi connectivity index (χ3v) is 4.43. The molecule has 0 aliphatic rings. The predicted molar refractivity (Wildman–Crippen MR) is 111 cm³/mol. The molecule has 0 saturated carbocycles. The van der Waals surface area contributed by atoms with Crippen LogP contribution in [0.25, 0.3) is 0 Å². The number of rotatable bonds is 10. The van der Waals surface area contributed by atoms with E-state index in [0.29, 0.717) is 29.5 Å². The minimum absolute atomic E-state index is 0.0895. The highest BCUT2D eigenvalue weighted by atomic mass is 16.5. The highest BCUT2D eigenvalue weighted by Gasteiger charge is 2.20. The minimum atomic E-state index is -0.937. The van der Waals surface area contributed by atoms with E-state index in [1.54, 1.807) is 29.1 Å². The number of hydrogen-bond acceptors (Lipinski definition) is 7. The average molecular weight is 419 g/mol. The van der Waals surface area contributed by atoms with Gasteiger partial charge in [0.15, 0.2) is 17.6 Å². The molecule has 1 N–H and O–H groups in total. The molecule has 9 nitrogen and oxygen atoms in total. The standard InChI is InChI=1S/C21H29N3O6/c1-13(2)24-18(9-10-22-24)23-21(26)14(3)30-19(25)8-7-15-11-16(27-4)20(29-6)17(12-15)28-5/h9-14H,7-8H2,1-6H3,(H,23,26)/t14-/m1/s1. The van der Waals surface area contributed by atoms with E-state index in [1.807, 2.05) is 13.8 Å². The Labute approximate surface area is 176 Å². The molecule has 2 aromatic rings. The molecule has 0 aliphatic carbocycles. The minimum Gasteiger partial charge on any atom is -0.493 e. The number of nitrogens with one attached hydrogen (secondary N) is 1. The molecular formula is C21H29N3O6. The average Bonchev–Trinajstić information content (AvgIpc) is 3.19. The number of ether oxygens (including phenoxy) is 4. The van der Waals surface area contributed by atoms with E-state index in [-0.39, 0.29) is 12.5 Å². The number of benzene rings is 1. The molecule has 0 radical (unpaired) electrons.